The molecule has 0 bridgehead atoms. The molecule has 4 rings (SSSR count). The van der Waals surface area contributed by atoms with Gasteiger partial charge in [-0.1, -0.05) is 11.3 Å². The Morgan fingerprint density at radius 2 is 1.67 bits per heavy atom. The van der Waals surface area contributed by atoms with Gasteiger partial charge in [-0.05, 0) is 30.3 Å². The first kappa shape index (κ1) is 24.2. The van der Waals surface area contributed by atoms with E-state index >= 15 is 0 Å². The average Bonchev–Trinajstić information content (AvgIpc) is 3.38. The van der Waals surface area contributed by atoms with E-state index in [9.17, 15) is 9.59 Å². The number of amides is 2. The molecule has 0 aliphatic rings. The molecular formula is C25H24N6O5. The summed E-state index contributed by atoms with van der Waals surface area (Å²) in [6.45, 7) is 1.42. The Bertz CT molecular complexity index is 1380. The van der Waals surface area contributed by atoms with Crippen LogP contribution in [-0.4, -0.2) is 53.1 Å². The minimum atomic E-state index is -0.329. The van der Waals surface area contributed by atoms with Crippen LogP contribution in [0.2, 0.25) is 0 Å². The molecule has 0 radical (unpaired) electrons. The molecule has 0 unspecified atom stereocenters. The molecule has 0 saturated heterocycles. The highest BCUT2D eigenvalue weighted by Crippen LogP contribution is 2.40. The Morgan fingerprint density at radius 3 is 2.28 bits per heavy atom. The summed E-state index contributed by atoms with van der Waals surface area (Å²) < 4.78 is 17.6. The number of nitrogens with one attached hydrogen (secondary N) is 2. The molecule has 0 atom stereocenters. The Hall–Kier alpha value is -4.93. The monoisotopic (exact) mass is 488 g/mol. The van der Waals surface area contributed by atoms with Crippen molar-refractivity contribution >= 4 is 23.3 Å². The van der Waals surface area contributed by atoms with Crippen molar-refractivity contribution in [3.8, 4) is 34.2 Å². The lowest BCUT2D eigenvalue weighted by molar-refractivity contribution is -0.114. The van der Waals surface area contributed by atoms with Crippen molar-refractivity contribution < 1.29 is 23.8 Å². The van der Waals surface area contributed by atoms with Gasteiger partial charge in [-0.15, -0.1) is 5.10 Å². The van der Waals surface area contributed by atoms with Gasteiger partial charge in [0.2, 0.25) is 11.7 Å². The van der Waals surface area contributed by atoms with Crippen LogP contribution in [-0.2, 0) is 4.79 Å². The molecule has 0 aliphatic carbocycles. The van der Waals surface area contributed by atoms with Crippen LogP contribution in [0.15, 0.2) is 60.9 Å². The number of aromatic nitrogens is 4. The minimum Gasteiger partial charge on any atom is -0.493 e. The van der Waals surface area contributed by atoms with E-state index in [4.69, 9.17) is 14.2 Å². The van der Waals surface area contributed by atoms with Gasteiger partial charge in [0.15, 0.2) is 11.5 Å². The molecule has 0 spiro atoms. The lowest BCUT2D eigenvalue weighted by Crippen LogP contribution is -2.13. The number of methoxy groups -OCH3 is 3. The highest BCUT2D eigenvalue weighted by molar-refractivity contribution is 6.05. The predicted molar refractivity (Wildman–Crippen MR) is 133 cm³/mol. The normalized spacial score (nSPS) is 10.4. The molecule has 184 valence electrons. The van der Waals surface area contributed by atoms with E-state index in [1.165, 1.54) is 28.3 Å². The zero-order valence-corrected chi connectivity index (χ0v) is 20.1. The largest absolute Gasteiger partial charge is 0.493 e. The van der Waals surface area contributed by atoms with Crippen LogP contribution in [0.5, 0.6) is 17.2 Å². The van der Waals surface area contributed by atoms with E-state index in [0.29, 0.717) is 45.7 Å². The number of hydrogen-bond acceptors (Lipinski definition) is 8. The number of rotatable bonds is 8. The van der Waals surface area contributed by atoms with Crippen molar-refractivity contribution in [2.75, 3.05) is 32.0 Å². The molecule has 4 aromatic rings. The third-order valence-electron chi connectivity index (χ3n) is 5.15. The van der Waals surface area contributed by atoms with Gasteiger partial charge in [-0.2, -0.15) is 0 Å². The van der Waals surface area contributed by atoms with Crippen molar-refractivity contribution in [1.29, 1.82) is 0 Å². The van der Waals surface area contributed by atoms with E-state index in [2.05, 4.69) is 25.9 Å². The van der Waals surface area contributed by atoms with Crippen LogP contribution in [0, 0.1) is 0 Å². The molecule has 0 saturated carbocycles. The Balaban J connectivity index is 1.54. The molecule has 0 fully saturated rings. The van der Waals surface area contributed by atoms with Crippen LogP contribution >= 0.6 is 0 Å². The summed E-state index contributed by atoms with van der Waals surface area (Å²) in [7, 11) is 4.52. The molecule has 2 amide bonds. The van der Waals surface area contributed by atoms with Gasteiger partial charge in [0.25, 0.3) is 5.91 Å². The molecule has 11 nitrogen and oxygen atoms in total. The van der Waals surface area contributed by atoms with Gasteiger partial charge in [0, 0.05) is 42.1 Å². The fourth-order valence-electron chi connectivity index (χ4n) is 3.47. The summed E-state index contributed by atoms with van der Waals surface area (Å²) in [5.74, 6) is 1.21. The molecule has 2 aromatic heterocycles. The molecule has 2 heterocycles. The number of carbonyl (C=O) groups is 2. The van der Waals surface area contributed by atoms with Crippen LogP contribution in [0.4, 0.5) is 11.5 Å². The SMILES string of the molecule is COc1cc(NC(=O)c2cccc(-n3cc(-c4ccc(NC(C)=O)nc4)nn3)c2)cc(OC)c1OC. The molecule has 2 aromatic carbocycles. The van der Waals surface area contributed by atoms with Gasteiger partial charge in [-0.25, -0.2) is 9.67 Å². The summed E-state index contributed by atoms with van der Waals surface area (Å²) in [5.41, 5.74) is 2.86. The summed E-state index contributed by atoms with van der Waals surface area (Å²) in [4.78, 5) is 28.3. The van der Waals surface area contributed by atoms with Crippen molar-refractivity contribution in [2.45, 2.75) is 6.92 Å². The molecule has 11 heteroatoms. The van der Waals surface area contributed by atoms with Crippen molar-refractivity contribution in [2.24, 2.45) is 0 Å². The third-order valence-corrected chi connectivity index (χ3v) is 5.15. The van der Waals surface area contributed by atoms with E-state index in [1.54, 1.807) is 59.5 Å². The smallest absolute Gasteiger partial charge is 0.255 e. The van der Waals surface area contributed by atoms with Gasteiger partial charge in [0.1, 0.15) is 11.5 Å². The average molecular weight is 489 g/mol. The second-order valence-corrected chi connectivity index (χ2v) is 7.58. The van der Waals surface area contributed by atoms with Crippen LogP contribution in [0.3, 0.4) is 0 Å². The van der Waals surface area contributed by atoms with E-state index in [-0.39, 0.29) is 11.8 Å². The zero-order chi connectivity index (χ0) is 25.7. The van der Waals surface area contributed by atoms with E-state index in [1.807, 2.05) is 6.07 Å². The molecule has 36 heavy (non-hydrogen) atoms. The predicted octanol–water partition coefficient (Wildman–Crippen LogP) is 3.57. The van der Waals surface area contributed by atoms with E-state index in [0.717, 1.165) is 5.56 Å². The standard InChI is InChI=1S/C25H24N6O5/c1-15(32)27-23-9-8-17(13-26-23)20-14-31(30-29-20)19-7-5-6-16(10-19)25(33)28-18-11-21(34-2)24(36-4)22(12-18)35-3/h5-14H,1-4H3,(H,28,33)(H,26,27,32). The Kier molecular flexibility index (Phi) is 7.10. The maximum atomic E-state index is 13.0. The number of ether oxygens (including phenoxy) is 3. The number of nitrogens with zero attached hydrogens (tertiary/aromatic N) is 4. The summed E-state index contributed by atoms with van der Waals surface area (Å²) in [6, 6.07) is 13.7. The first-order valence-corrected chi connectivity index (χ1v) is 10.8. The fourth-order valence-corrected chi connectivity index (χ4v) is 3.47. The van der Waals surface area contributed by atoms with Crippen LogP contribution in [0.1, 0.15) is 17.3 Å². The van der Waals surface area contributed by atoms with Gasteiger partial charge >= 0.3 is 0 Å². The third kappa shape index (κ3) is 5.25. The van der Waals surface area contributed by atoms with E-state index < -0.39 is 0 Å². The first-order chi connectivity index (χ1) is 17.4. The maximum absolute atomic E-state index is 13.0. The van der Waals surface area contributed by atoms with Gasteiger partial charge in [0.05, 0.1) is 33.2 Å². The van der Waals surface area contributed by atoms with Crippen molar-refractivity contribution in [3.05, 3.63) is 66.5 Å². The van der Waals surface area contributed by atoms with Gasteiger partial charge in [-0.3, -0.25) is 9.59 Å². The lowest BCUT2D eigenvalue weighted by atomic mass is 10.1. The summed E-state index contributed by atoms with van der Waals surface area (Å²) in [6.07, 6.45) is 3.33. The van der Waals surface area contributed by atoms with Crippen molar-refractivity contribution in [1.82, 2.24) is 20.0 Å². The minimum absolute atomic E-state index is 0.199. The van der Waals surface area contributed by atoms with Crippen LogP contribution in [0.25, 0.3) is 16.9 Å². The zero-order valence-electron chi connectivity index (χ0n) is 20.1. The topological polar surface area (TPSA) is 129 Å². The second kappa shape index (κ2) is 10.6. The fraction of sp³-hybridized carbons (Fsp3) is 0.160. The number of carbonyl (C=O) groups excluding carboxylic acids is 2. The summed E-state index contributed by atoms with van der Waals surface area (Å²) in [5, 5.41) is 13.8. The Labute approximate surface area is 207 Å². The van der Waals surface area contributed by atoms with Crippen LogP contribution < -0.4 is 24.8 Å². The molecular weight excluding hydrogens is 464 g/mol. The second-order valence-electron chi connectivity index (χ2n) is 7.58. The van der Waals surface area contributed by atoms with Gasteiger partial charge < -0.3 is 24.8 Å². The number of benzene rings is 2. The molecule has 2 N–H and O–H groups in total. The number of anilines is 2. The first-order valence-electron chi connectivity index (χ1n) is 10.8. The number of hydrogen-bond donors (Lipinski definition) is 2. The Morgan fingerprint density at radius 1 is 0.917 bits per heavy atom. The lowest BCUT2D eigenvalue weighted by Gasteiger charge is -2.14. The quantitative estimate of drug-likeness (QED) is 0.385. The highest BCUT2D eigenvalue weighted by Gasteiger charge is 2.16. The summed E-state index contributed by atoms with van der Waals surface area (Å²) >= 11 is 0. The van der Waals surface area contributed by atoms with Crippen molar-refractivity contribution in [3.63, 3.8) is 0 Å². The maximum Gasteiger partial charge on any atom is 0.255 e. The molecule has 0 aliphatic heterocycles. The highest BCUT2D eigenvalue weighted by atomic mass is 16.5. The number of pyridine rings is 1.